The number of carbonyl (C=O) groups excluding carboxylic acids is 1. The van der Waals surface area contributed by atoms with Gasteiger partial charge in [0.2, 0.25) is 0 Å². The van der Waals surface area contributed by atoms with Crippen LogP contribution in [0.2, 0.25) is 0 Å². The van der Waals surface area contributed by atoms with Gasteiger partial charge in [-0.1, -0.05) is 35.9 Å². The van der Waals surface area contributed by atoms with E-state index in [1.54, 1.807) is 31.2 Å². The molecular formula is C26H28N2O4S. The van der Waals surface area contributed by atoms with Gasteiger partial charge < -0.3 is 9.64 Å². The maximum absolute atomic E-state index is 13.3. The predicted octanol–water partition coefficient (Wildman–Crippen LogP) is 4.42. The quantitative estimate of drug-likeness (QED) is 0.542. The number of fused-ring (bicyclic) bond motifs is 1. The summed E-state index contributed by atoms with van der Waals surface area (Å²) in [4.78, 5) is 14.8. The molecule has 3 aromatic rings. The molecule has 0 N–H and O–H groups in total. The third-order valence-electron chi connectivity index (χ3n) is 5.95. The summed E-state index contributed by atoms with van der Waals surface area (Å²) in [6.07, 6.45) is 1.65. The minimum absolute atomic E-state index is 0.179. The fourth-order valence-corrected chi connectivity index (χ4v) is 5.77. The Morgan fingerprint density at radius 1 is 1.06 bits per heavy atom. The molecule has 0 saturated heterocycles. The Bertz CT molecular complexity index is 1270. The number of hydrogen-bond acceptors (Lipinski definition) is 4. The molecule has 0 unspecified atom stereocenters. The Morgan fingerprint density at radius 3 is 2.52 bits per heavy atom. The first kappa shape index (κ1) is 22.9. The number of hydrogen-bond donors (Lipinski definition) is 0. The molecular weight excluding hydrogens is 436 g/mol. The Labute approximate surface area is 195 Å². The third kappa shape index (κ3) is 4.59. The number of methoxy groups -OCH3 is 1. The first-order valence-corrected chi connectivity index (χ1v) is 12.3. The van der Waals surface area contributed by atoms with Gasteiger partial charge >= 0.3 is 0 Å². The fraction of sp³-hybridized carbons (Fsp3) is 0.269. The monoisotopic (exact) mass is 464 g/mol. The average Bonchev–Trinajstić information content (AvgIpc) is 2.83. The summed E-state index contributed by atoms with van der Waals surface area (Å²) in [5, 5.41) is 0. The standard InChI is InChI=1S/C26H28N2O4S/c1-19-10-15-25(32-3)22(17-19)18-27(2)26(29)21-11-13-23(14-12-21)33(30,31)28-16-6-8-20-7-4-5-9-24(20)28/h4-5,7,9-15,17H,6,8,16,18H2,1-3H3. The van der Waals surface area contributed by atoms with Crippen LogP contribution < -0.4 is 9.04 Å². The average molecular weight is 465 g/mol. The highest BCUT2D eigenvalue weighted by molar-refractivity contribution is 7.92. The van der Waals surface area contributed by atoms with E-state index in [-0.39, 0.29) is 10.8 Å². The van der Waals surface area contributed by atoms with Gasteiger partial charge in [0.15, 0.2) is 0 Å². The summed E-state index contributed by atoms with van der Waals surface area (Å²) in [6, 6.07) is 19.6. The van der Waals surface area contributed by atoms with E-state index in [2.05, 4.69) is 0 Å². The van der Waals surface area contributed by atoms with Crippen molar-refractivity contribution in [2.24, 2.45) is 0 Å². The smallest absolute Gasteiger partial charge is 0.264 e. The molecule has 0 bridgehead atoms. The van der Waals surface area contributed by atoms with Crippen LogP contribution in [0.3, 0.4) is 0 Å². The molecule has 1 amide bonds. The van der Waals surface area contributed by atoms with Gasteiger partial charge in [-0.25, -0.2) is 8.42 Å². The van der Waals surface area contributed by atoms with Gasteiger partial charge in [0.05, 0.1) is 17.7 Å². The highest BCUT2D eigenvalue weighted by atomic mass is 32.2. The number of carbonyl (C=O) groups is 1. The summed E-state index contributed by atoms with van der Waals surface area (Å²) in [5.74, 6) is 0.536. The molecule has 1 heterocycles. The topological polar surface area (TPSA) is 66.9 Å². The summed E-state index contributed by atoms with van der Waals surface area (Å²) < 4.78 is 33.5. The highest BCUT2D eigenvalue weighted by Gasteiger charge is 2.29. The van der Waals surface area contributed by atoms with Crippen LogP contribution in [-0.2, 0) is 23.0 Å². The lowest BCUT2D eigenvalue weighted by atomic mass is 10.0. The van der Waals surface area contributed by atoms with Gasteiger partial charge in [0.25, 0.3) is 15.9 Å². The molecule has 6 nitrogen and oxygen atoms in total. The second-order valence-corrected chi connectivity index (χ2v) is 10.2. The van der Waals surface area contributed by atoms with Crippen LogP contribution in [0.1, 0.15) is 33.5 Å². The van der Waals surface area contributed by atoms with Crippen LogP contribution >= 0.6 is 0 Å². The molecule has 1 aliphatic heterocycles. The number of nitrogens with zero attached hydrogens (tertiary/aromatic N) is 2. The zero-order chi connectivity index (χ0) is 23.6. The molecule has 7 heteroatoms. The third-order valence-corrected chi connectivity index (χ3v) is 7.77. The molecule has 0 spiro atoms. The van der Waals surface area contributed by atoms with Gasteiger partial charge in [-0.3, -0.25) is 9.10 Å². The molecule has 0 fully saturated rings. The van der Waals surface area contributed by atoms with Crippen LogP contribution in [0.25, 0.3) is 0 Å². The number of benzene rings is 3. The number of para-hydroxylation sites is 1. The van der Waals surface area contributed by atoms with Gasteiger partial charge in [-0.2, -0.15) is 0 Å². The molecule has 0 saturated carbocycles. The Kier molecular flexibility index (Phi) is 6.42. The van der Waals surface area contributed by atoms with E-state index in [1.807, 2.05) is 49.4 Å². The second kappa shape index (κ2) is 9.27. The van der Waals surface area contributed by atoms with E-state index in [4.69, 9.17) is 4.74 Å². The molecule has 0 aliphatic carbocycles. The van der Waals surface area contributed by atoms with Crippen LogP contribution in [0.5, 0.6) is 5.75 Å². The SMILES string of the molecule is COc1ccc(C)cc1CN(C)C(=O)c1ccc(S(=O)(=O)N2CCCc3ccccc32)cc1. The van der Waals surface area contributed by atoms with E-state index >= 15 is 0 Å². The number of amides is 1. The van der Waals surface area contributed by atoms with Crippen molar-refractivity contribution in [3.8, 4) is 5.75 Å². The Balaban J connectivity index is 1.54. The van der Waals surface area contributed by atoms with Crippen molar-refractivity contribution in [3.63, 3.8) is 0 Å². The zero-order valence-electron chi connectivity index (χ0n) is 19.1. The van der Waals surface area contributed by atoms with Gasteiger partial charge in [0, 0.05) is 31.3 Å². The lowest BCUT2D eigenvalue weighted by molar-refractivity contribution is 0.0784. The molecule has 1 aliphatic rings. The van der Waals surface area contributed by atoms with Crippen LogP contribution in [-0.4, -0.2) is 39.9 Å². The predicted molar refractivity (Wildman–Crippen MR) is 129 cm³/mol. The maximum atomic E-state index is 13.3. The van der Waals surface area contributed by atoms with Crippen LogP contribution in [0.15, 0.2) is 71.6 Å². The summed E-state index contributed by atoms with van der Waals surface area (Å²) in [6.45, 7) is 2.82. The van der Waals surface area contributed by atoms with Crippen LogP contribution in [0, 0.1) is 6.92 Å². The number of ether oxygens (including phenoxy) is 1. The van der Waals surface area contributed by atoms with E-state index < -0.39 is 10.0 Å². The van der Waals surface area contributed by atoms with Crippen molar-refractivity contribution in [1.29, 1.82) is 0 Å². The fourth-order valence-electron chi connectivity index (χ4n) is 4.22. The molecule has 4 rings (SSSR count). The minimum atomic E-state index is -3.71. The Hall–Kier alpha value is -3.32. The maximum Gasteiger partial charge on any atom is 0.264 e. The summed E-state index contributed by atoms with van der Waals surface area (Å²) in [7, 11) is -0.380. The van der Waals surface area contributed by atoms with Crippen molar-refractivity contribution in [3.05, 3.63) is 89.0 Å². The van der Waals surface area contributed by atoms with Gasteiger partial charge in [-0.05, 0) is 61.7 Å². The molecule has 172 valence electrons. The number of sulfonamides is 1. The molecule has 33 heavy (non-hydrogen) atoms. The van der Waals surface area contributed by atoms with E-state index in [1.165, 1.54) is 16.4 Å². The first-order valence-electron chi connectivity index (χ1n) is 10.9. The normalized spacial score (nSPS) is 13.4. The summed E-state index contributed by atoms with van der Waals surface area (Å²) >= 11 is 0. The van der Waals surface area contributed by atoms with Crippen molar-refractivity contribution >= 4 is 21.6 Å². The Morgan fingerprint density at radius 2 is 1.79 bits per heavy atom. The lowest BCUT2D eigenvalue weighted by Crippen LogP contribution is -2.35. The van der Waals surface area contributed by atoms with Crippen molar-refractivity contribution in [1.82, 2.24) is 4.90 Å². The molecule has 0 radical (unpaired) electrons. The highest BCUT2D eigenvalue weighted by Crippen LogP contribution is 2.32. The largest absolute Gasteiger partial charge is 0.496 e. The van der Waals surface area contributed by atoms with Gasteiger partial charge in [-0.15, -0.1) is 0 Å². The van der Waals surface area contributed by atoms with Crippen molar-refractivity contribution in [2.75, 3.05) is 25.0 Å². The van der Waals surface area contributed by atoms with E-state index in [0.717, 1.165) is 41.0 Å². The van der Waals surface area contributed by atoms with Crippen molar-refractivity contribution in [2.45, 2.75) is 31.2 Å². The molecule has 3 aromatic carbocycles. The zero-order valence-corrected chi connectivity index (χ0v) is 19.9. The molecule has 0 atom stereocenters. The number of anilines is 1. The van der Waals surface area contributed by atoms with Crippen molar-refractivity contribution < 1.29 is 17.9 Å². The number of aryl methyl sites for hydroxylation is 2. The second-order valence-electron chi connectivity index (χ2n) is 8.31. The van der Waals surface area contributed by atoms with E-state index in [9.17, 15) is 13.2 Å². The van der Waals surface area contributed by atoms with Crippen LogP contribution in [0.4, 0.5) is 5.69 Å². The lowest BCUT2D eigenvalue weighted by Gasteiger charge is -2.30. The number of rotatable bonds is 6. The first-order chi connectivity index (χ1) is 15.8. The van der Waals surface area contributed by atoms with E-state index in [0.29, 0.717) is 18.7 Å². The summed E-state index contributed by atoms with van der Waals surface area (Å²) in [5.41, 5.74) is 4.20. The minimum Gasteiger partial charge on any atom is -0.496 e. The van der Waals surface area contributed by atoms with Gasteiger partial charge in [0.1, 0.15) is 5.75 Å². The molecule has 0 aromatic heterocycles.